The molecular formula is C48H33ClF6N10O5. The molecule has 4 amide bonds. The van der Waals surface area contributed by atoms with Gasteiger partial charge in [0.05, 0.1) is 58.3 Å². The molecule has 4 N–H and O–H groups in total. The lowest BCUT2D eigenvalue weighted by Crippen LogP contribution is -2.36. The van der Waals surface area contributed by atoms with Crippen LogP contribution in [0.25, 0.3) is 22.1 Å². The van der Waals surface area contributed by atoms with Gasteiger partial charge in [-0.05, 0) is 84.9 Å². The molecule has 1 aliphatic rings. The number of alkyl halides is 3. The third kappa shape index (κ3) is 12.2. The number of aromatic nitrogens is 4. The summed E-state index contributed by atoms with van der Waals surface area (Å²) in [6, 6.07) is 26.1. The van der Waals surface area contributed by atoms with Gasteiger partial charge in [-0.2, -0.15) is 18.4 Å². The molecule has 22 heteroatoms. The highest BCUT2D eigenvalue weighted by Gasteiger charge is 2.33. The average Bonchev–Trinajstić information content (AvgIpc) is 3.33. The minimum atomic E-state index is -4.69. The van der Waals surface area contributed by atoms with E-state index in [9.17, 15) is 35.9 Å². The van der Waals surface area contributed by atoms with Crippen LogP contribution in [0, 0.1) is 28.8 Å². The Morgan fingerprint density at radius 2 is 1.17 bits per heavy atom. The van der Waals surface area contributed by atoms with Crippen molar-refractivity contribution < 1.29 is 50.1 Å². The standard InChI is InChI=1S/C25H21F2N5O3.C23H12ClF4N5O2/c26-16-2-1-3-17(12-16)29-25(33)30-18-4-7-23(20(27)13-18)35-19-5-6-21-22(14-19)31-24(15-28-21)32-8-10-34-11-9-32;24-17-4-1-12(7-16(17)23(26,27)28)32-22(34)33-13-2-6-21(18(25)8-13)35-15-3-5-19-20(9-15)31-14(10-29)11-30-19/h1-7,12-15H,8-11H2,(H2,29,30,33);1-9,11H,(H2,32,33,34). The van der Waals surface area contributed by atoms with Crippen LogP contribution in [-0.2, 0) is 10.9 Å². The lowest BCUT2D eigenvalue weighted by molar-refractivity contribution is -0.137. The van der Waals surface area contributed by atoms with E-state index in [4.69, 9.17) is 31.1 Å². The van der Waals surface area contributed by atoms with Crippen LogP contribution < -0.4 is 35.6 Å². The molecule has 0 bridgehead atoms. The van der Waals surface area contributed by atoms with E-state index >= 15 is 0 Å². The Kier molecular flexibility index (Phi) is 14.4. The highest BCUT2D eigenvalue weighted by molar-refractivity contribution is 6.31. The van der Waals surface area contributed by atoms with Crippen molar-refractivity contribution in [2.75, 3.05) is 52.5 Å². The van der Waals surface area contributed by atoms with Crippen LogP contribution >= 0.6 is 11.6 Å². The summed E-state index contributed by atoms with van der Waals surface area (Å²) >= 11 is 5.56. The maximum atomic E-state index is 14.7. The van der Waals surface area contributed by atoms with Gasteiger partial charge in [-0.15, -0.1) is 0 Å². The maximum Gasteiger partial charge on any atom is 0.417 e. The van der Waals surface area contributed by atoms with Crippen LogP contribution in [0.2, 0.25) is 5.02 Å². The summed E-state index contributed by atoms with van der Waals surface area (Å²) in [5, 5.41) is 18.0. The lowest BCUT2D eigenvalue weighted by atomic mass is 10.2. The Morgan fingerprint density at radius 1 is 0.643 bits per heavy atom. The van der Waals surface area contributed by atoms with Gasteiger partial charge in [0.2, 0.25) is 0 Å². The molecule has 0 aliphatic carbocycles. The molecule has 354 valence electrons. The fourth-order valence-corrected chi connectivity index (χ4v) is 6.87. The Balaban J connectivity index is 0.000000188. The van der Waals surface area contributed by atoms with Crippen LogP contribution in [0.4, 0.5) is 64.5 Å². The Hall–Kier alpha value is -8.74. The molecular weight excluding hydrogens is 946 g/mol. The van der Waals surface area contributed by atoms with Gasteiger partial charge in [0.15, 0.2) is 28.8 Å². The number of benzene rings is 6. The Bertz CT molecular complexity index is 3300. The van der Waals surface area contributed by atoms with Gasteiger partial charge in [0.1, 0.15) is 29.2 Å². The number of hydrogen-bond donors (Lipinski definition) is 4. The summed E-state index contributed by atoms with van der Waals surface area (Å²) in [6.45, 7) is 2.75. The molecule has 2 aromatic heterocycles. The third-order valence-corrected chi connectivity index (χ3v) is 10.2. The Morgan fingerprint density at radius 3 is 1.71 bits per heavy atom. The largest absolute Gasteiger partial charge is 0.454 e. The molecule has 1 saturated heterocycles. The number of anilines is 5. The number of fused-ring (bicyclic) bond motifs is 2. The normalized spacial score (nSPS) is 12.3. The molecule has 9 rings (SSSR count). The van der Waals surface area contributed by atoms with Crippen LogP contribution in [0.15, 0.2) is 128 Å². The number of rotatable bonds is 9. The van der Waals surface area contributed by atoms with E-state index in [2.05, 4.69) is 46.1 Å². The number of nitriles is 1. The first-order valence-electron chi connectivity index (χ1n) is 20.7. The second-order valence-corrected chi connectivity index (χ2v) is 15.3. The summed E-state index contributed by atoms with van der Waals surface area (Å²) in [6.07, 6.45) is -1.64. The molecule has 15 nitrogen and oxygen atoms in total. The smallest absolute Gasteiger partial charge is 0.417 e. The number of carbonyl (C=O) groups is 2. The summed E-state index contributed by atoms with van der Waals surface area (Å²) in [4.78, 5) is 43.7. The van der Waals surface area contributed by atoms with Gasteiger partial charge < -0.3 is 40.4 Å². The molecule has 8 aromatic rings. The Labute approximate surface area is 397 Å². The van der Waals surface area contributed by atoms with Gasteiger partial charge in [0, 0.05) is 60.1 Å². The SMILES string of the molecule is N#Cc1cnc2ccc(Oc3ccc(NC(=O)Nc4ccc(Cl)c(C(F)(F)F)c4)cc3F)cc2n1.O=C(Nc1cccc(F)c1)Nc1ccc(Oc2ccc3ncc(N4CCOCC4)nc3c2)c(F)c1. The van der Waals surface area contributed by atoms with Gasteiger partial charge in [-0.3, -0.25) is 9.97 Å². The summed E-state index contributed by atoms with van der Waals surface area (Å²) in [5.74, 6) is -0.752. The van der Waals surface area contributed by atoms with E-state index in [1.165, 1.54) is 66.9 Å². The van der Waals surface area contributed by atoms with Crippen molar-refractivity contribution in [3.05, 3.63) is 161 Å². The number of hydrogen-bond acceptors (Lipinski definition) is 11. The van der Waals surface area contributed by atoms with Crippen LogP contribution in [0.5, 0.6) is 23.0 Å². The van der Waals surface area contributed by atoms with Crippen molar-refractivity contribution in [2.24, 2.45) is 0 Å². The summed E-state index contributed by atoms with van der Waals surface area (Å²) in [7, 11) is 0. The molecule has 0 radical (unpaired) electrons. The summed E-state index contributed by atoms with van der Waals surface area (Å²) in [5.41, 5.74) is 1.59. The molecule has 70 heavy (non-hydrogen) atoms. The highest BCUT2D eigenvalue weighted by atomic mass is 35.5. The highest BCUT2D eigenvalue weighted by Crippen LogP contribution is 2.37. The number of morpholine rings is 1. The molecule has 0 atom stereocenters. The number of amides is 4. The predicted octanol–water partition coefficient (Wildman–Crippen LogP) is 11.9. The number of carbonyl (C=O) groups excluding carboxylic acids is 2. The number of nitrogens with one attached hydrogen (secondary N) is 4. The van der Waals surface area contributed by atoms with Crippen molar-refractivity contribution in [1.82, 2.24) is 19.9 Å². The number of nitrogens with zero attached hydrogens (tertiary/aromatic N) is 6. The molecule has 3 heterocycles. The van der Waals surface area contributed by atoms with Gasteiger partial charge in [-0.1, -0.05) is 17.7 Å². The average molecular weight is 979 g/mol. The number of halogens is 7. The van der Waals surface area contributed by atoms with Crippen molar-refractivity contribution >= 4 is 74.3 Å². The van der Waals surface area contributed by atoms with Crippen LogP contribution in [-0.4, -0.2) is 58.3 Å². The number of ether oxygens (including phenoxy) is 3. The van der Waals surface area contributed by atoms with Crippen LogP contribution in [0.3, 0.4) is 0 Å². The fourth-order valence-electron chi connectivity index (χ4n) is 6.65. The second-order valence-electron chi connectivity index (χ2n) is 14.9. The predicted molar refractivity (Wildman–Crippen MR) is 248 cm³/mol. The van der Waals surface area contributed by atoms with Crippen LogP contribution in [0.1, 0.15) is 11.3 Å². The zero-order chi connectivity index (χ0) is 49.4. The molecule has 0 saturated carbocycles. The molecule has 6 aromatic carbocycles. The summed E-state index contributed by atoms with van der Waals surface area (Å²) < 4.78 is 98.1. The monoisotopic (exact) mass is 978 g/mol. The van der Waals surface area contributed by atoms with E-state index in [0.29, 0.717) is 47.1 Å². The van der Waals surface area contributed by atoms with E-state index in [-0.39, 0.29) is 45.7 Å². The first-order valence-corrected chi connectivity index (χ1v) is 21.0. The van der Waals surface area contributed by atoms with Crippen molar-refractivity contribution in [1.29, 1.82) is 5.26 Å². The zero-order valence-corrected chi connectivity index (χ0v) is 36.6. The van der Waals surface area contributed by atoms with Crippen molar-refractivity contribution in [3.8, 4) is 29.1 Å². The quantitative estimate of drug-likeness (QED) is 0.101. The van der Waals surface area contributed by atoms with Crippen molar-refractivity contribution in [2.45, 2.75) is 6.18 Å². The van der Waals surface area contributed by atoms with Gasteiger partial charge in [0.25, 0.3) is 0 Å². The molecule has 1 aliphatic heterocycles. The van der Waals surface area contributed by atoms with Gasteiger partial charge >= 0.3 is 18.2 Å². The number of urea groups is 2. The van der Waals surface area contributed by atoms with Gasteiger partial charge in [-0.25, -0.2) is 32.7 Å². The van der Waals surface area contributed by atoms with E-state index in [1.54, 1.807) is 36.5 Å². The maximum absolute atomic E-state index is 14.7. The first kappa shape index (κ1) is 47.7. The lowest BCUT2D eigenvalue weighted by Gasteiger charge is -2.27. The molecule has 1 fully saturated rings. The van der Waals surface area contributed by atoms with E-state index in [0.717, 1.165) is 37.1 Å². The molecule has 0 spiro atoms. The molecule has 0 unspecified atom stereocenters. The third-order valence-electron chi connectivity index (χ3n) is 9.91. The van der Waals surface area contributed by atoms with E-state index < -0.39 is 46.3 Å². The minimum absolute atomic E-state index is 0.0160. The zero-order valence-electron chi connectivity index (χ0n) is 35.8. The minimum Gasteiger partial charge on any atom is -0.454 e. The fraction of sp³-hybridized carbons (Fsp3) is 0.104. The van der Waals surface area contributed by atoms with E-state index in [1.807, 2.05) is 6.07 Å². The second kappa shape index (κ2) is 21.1. The van der Waals surface area contributed by atoms with Crippen molar-refractivity contribution in [3.63, 3.8) is 0 Å². The topological polar surface area (TPSA) is 189 Å². The first-order chi connectivity index (χ1) is 33.6.